The van der Waals surface area contributed by atoms with Crippen molar-refractivity contribution in [1.29, 1.82) is 0 Å². The summed E-state index contributed by atoms with van der Waals surface area (Å²) in [4.78, 5) is 15.5. The summed E-state index contributed by atoms with van der Waals surface area (Å²) in [6.45, 7) is 0.456. The first kappa shape index (κ1) is 10.2. The fraction of sp³-hybridized carbons (Fsp3) is 0.0909. The van der Waals surface area contributed by atoms with Gasteiger partial charge in [0.25, 0.3) is 5.91 Å². The summed E-state index contributed by atoms with van der Waals surface area (Å²) in [5, 5.41) is 10.1. The van der Waals surface area contributed by atoms with Gasteiger partial charge < -0.3 is 5.32 Å². The highest BCUT2D eigenvalue weighted by Gasteiger charge is 2.05. The third-order valence-electron chi connectivity index (χ3n) is 2.01. The van der Waals surface area contributed by atoms with E-state index in [1.54, 1.807) is 24.5 Å². The predicted molar refractivity (Wildman–Crippen MR) is 57.4 cm³/mol. The molecule has 5 heteroatoms. The fourth-order valence-electron chi connectivity index (χ4n) is 1.20. The smallest absolute Gasteiger partial charge is 0.272 e. The number of nitrogens with zero attached hydrogens (tertiary/aromatic N) is 3. The average molecular weight is 214 g/mol. The molecule has 0 saturated carbocycles. The molecule has 80 valence electrons. The normalized spacial score (nSPS) is 9.75. The number of amides is 1. The van der Waals surface area contributed by atoms with Crippen molar-refractivity contribution in [3.8, 4) is 0 Å². The van der Waals surface area contributed by atoms with E-state index < -0.39 is 0 Å². The number of carbonyl (C=O) groups excluding carboxylic acids is 1. The zero-order chi connectivity index (χ0) is 11.2. The molecule has 2 rings (SSSR count). The summed E-state index contributed by atoms with van der Waals surface area (Å²) in [7, 11) is 0. The van der Waals surface area contributed by atoms with Gasteiger partial charge in [0.05, 0.1) is 0 Å². The molecule has 16 heavy (non-hydrogen) atoms. The standard InChI is InChI=1S/C11H10N4O/c16-11(10-2-1-5-14-15-10)13-8-9-3-6-12-7-4-9/h1-7H,8H2,(H,13,16). The topological polar surface area (TPSA) is 67.8 Å². The van der Waals surface area contributed by atoms with Gasteiger partial charge in [0.15, 0.2) is 5.69 Å². The van der Waals surface area contributed by atoms with Crippen LogP contribution in [-0.2, 0) is 6.54 Å². The van der Waals surface area contributed by atoms with Crippen LogP contribution in [0.5, 0.6) is 0 Å². The number of pyridine rings is 1. The van der Waals surface area contributed by atoms with E-state index in [9.17, 15) is 4.79 Å². The maximum absolute atomic E-state index is 11.6. The van der Waals surface area contributed by atoms with E-state index >= 15 is 0 Å². The molecular weight excluding hydrogens is 204 g/mol. The molecule has 0 bridgehead atoms. The molecule has 2 aromatic heterocycles. The second-order valence-corrected chi connectivity index (χ2v) is 3.15. The van der Waals surface area contributed by atoms with E-state index in [0.717, 1.165) is 5.56 Å². The van der Waals surface area contributed by atoms with Crippen LogP contribution in [0.15, 0.2) is 42.9 Å². The molecule has 2 aromatic rings. The maximum Gasteiger partial charge on any atom is 0.272 e. The molecule has 2 heterocycles. The molecule has 0 aliphatic carbocycles. The lowest BCUT2D eigenvalue weighted by atomic mass is 10.2. The molecule has 0 spiro atoms. The van der Waals surface area contributed by atoms with Crippen molar-refractivity contribution in [3.63, 3.8) is 0 Å². The zero-order valence-corrected chi connectivity index (χ0v) is 8.50. The molecule has 0 fully saturated rings. The van der Waals surface area contributed by atoms with Gasteiger partial charge in [-0.25, -0.2) is 0 Å². The van der Waals surface area contributed by atoms with Crippen LogP contribution in [-0.4, -0.2) is 21.1 Å². The summed E-state index contributed by atoms with van der Waals surface area (Å²) in [6, 6.07) is 6.98. The SMILES string of the molecule is O=C(NCc1ccncc1)c1cccnn1. The lowest BCUT2D eigenvalue weighted by Crippen LogP contribution is -2.23. The highest BCUT2D eigenvalue weighted by atomic mass is 16.1. The molecule has 1 amide bonds. The van der Waals surface area contributed by atoms with Crippen LogP contribution in [0.1, 0.15) is 16.1 Å². The van der Waals surface area contributed by atoms with Gasteiger partial charge in [-0.1, -0.05) is 0 Å². The Hall–Kier alpha value is -2.30. The summed E-state index contributed by atoms with van der Waals surface area (Å²) < 4.78 is 0. The minimum absolute atomic E-state index is 0.232. The van der Waals surface area contributed by atoms with Crippen molar-refractivity contribution in [2.45, 2.75) is 6.54 Å². The predicted octanol–water partition coefficient (Wildman–Crippen LogP) is 0.802. The van der Waals surface area contributed by atoms with Crippen LogP contribution in [0.2, 0.25) is 0 Å². The Balaban J connectivity index is 1.95. The number of rotatable bonds is 3. The first-order valence-corrected chi connectivity index (χ1v) is 4.81. The third-order valence-corrected chi connectivity index (χ3v) is 2.01. The number of aromatic nitrogens is 3. The van der Waals surface area contributed by atoms with E-state index in [2.05, 4.69) is 20.5 Å². The second kappa shape index (κ2) is 4.97. The van der Waals surface area contributed by atoms with Crippen molar-refractivity contribution in [2.75, 3.05) is 0 Å². The maximum atomic E-state index is 11.6. The first-order valence-electron chi connectivity index (χ1n) is 4.81. The molecule has 0 atom stereocenters. The van der Waals surface area contributed by atoms with Crippen molar-refractivity contribution < 1.29 is 4.79 Å². The fourth-order valence-corrected chi connectivity index (χ4v) is 1.20. The van der Waals surface area contributed by atoms with Crippen LogP contribution < -0.4 is 5.32 Å². The number of carbonyl (C=O) groups is 1. The average Bonchev–Trinajstić information content (AvgIpc) is 2.38. The van der Waals surface area contributed by atoms with Crippen molar-refractivity contribution in [3.05, 3.63) is 54.1 Å². The quantitative estimate of drug-likeness (QED) is 0.820. The van der Waals surface area contributed by atoms with E-state index in [-0.39, 0.29) is 5.91 Å². The Bertz CT molecular complexity index is 458. The van der Waals surface area contributed by atoms with Crippen LogP contribution >= 0.6 is 0 Å². The van der Waals surface area contributed by atoms with E-state index in [1.807, 2.05) is 12.1 Å². The molecule has 0 aliphatic heterocycles. The Morgan fingerprint density at radius 1 is 1.19 bits per heavy atom. The third kappa shape index (κ3) is 2.60. The van der Waals surface area contributed by atoms with E-state index in [4.69, 9.17) is 0 Å². The largest absolute Gasteiger partial charge is 0.347 e. The van der Waals surface area contributed by atoms with Gasteiger partial charge in [0.2, 0.25) is 0 Å². The molecule has 0 saturated heterocycles. The van der Waals surface area contributed by atoms with Gasteiger partial charge in [0, 0.05) is 25.1 Å². The van der Waals surface area contributed by atoms with Crippen molar-refractivity contribution in [1.82, 2.24) is 20.5 Å². The zero-order valence-electron chi connectivity index (χ0n) is 8.50. The Labute approximate surface area is 92.6 Å². The van der Waals surface area contributed by atoms with Crippen LogP contribution in [0.3, 0.4) is 0 Å². The molecule has 0 unspecified atom stereocenters. The molecule has 0 aliphatic rings. The van der Waals surface area contributed by atoms with Gasteiger partial charge in [-0.05, 0) is 29.8 Å². The van der Waals surface area contributed by atoms with E-state index in [1.165, 1.54) is 6.20 Å². The second-order valence-electron chi connectivity index (χ2n) is 3.15. The lowest BCUT2D eigenvalue weighted by Gasteiger charge is -2.03. The Morgan fingerprint density at radius 3 is 2.69 bits per heavy atom. The summed E-state index contributed by atoms with van der Waals surface area (Å²) >= 11 is 0. The number of nitrogens with one attached hydrogen (secondary N) is 1. The lowest BCUT2D eigenvalue weighted by molar-refractivity contribution is 0.0945. The van der Waals surface area contributed by atoms with Gasteiger partial charge in [-0.3, -0.25) is 9.78 Å². The monoisotopic (exact) mass is 214 g/mol. The Morgan fingerprint density at radius 2 is 2.00 bits per heavy atom. The van der Waals surface area contributed by atoms with Gasteiger partial charge in [-0.2, -0.15) is 5.10 Å². The van der Waals surface area contributed by atoms with Crippen LogP contribution in [0.25, 0.3) is 0 Å². The minimum Gasteiger partial charge on any atom is -0.347 e. The van der Waals surface area contributed by atoms with Crippen LogP contribution in [0.4, 0.5) is 0 Å². The summed E-state index contributed by atoms with van der Waals surface area (Å²) in [5.41, 5.74) is 1.31. The van der Waals surface area contributed by atoms with Crippen LogP contribution in [0, 0.1) is 0 Å². The van der Waals surface area contributed by atoms with Crippen molar-refractivity contribution >= 4 is 5.91 Å². The Kier molecular flexibility index (Phi) is 3.18. The first-order chi connectivity index (χ1) is 7.86. The van der Waals surface area contributed by atoms with Gasteiger partial charge in [-0.15, -0.1) is 5.10 Å². The highest BCUT2D eigenvalue weighted by molar-refractivity contribution is 5.91. The molecule has 5 nitrogen and oxygen atoms in total. The number of hydrogen-bond donors (Lipinski definition) is 1. The highest BCUT2D eigenvalue weighted by Crippen LogP contribution is 1.96. The molecule has 1 N–H and O–H groups in total. The van der Waals surface area contributed by atoms with Gasteiger partial charge >= 0.3 is 0 Å². The van der Waals surface area contributed by atoms with Crippen molar-refractivity contribution in [2.24, 2.45) is 0 Å². The molecular formula is C11H10N4O. The summed E-state index contributed by atoms with van der Waals surface area (Å²) in [6.07, 6.45) is 4.90. The molecule has 0 radical (unpaired) electrons. The van der Waals surface area contributed by atoms with E-state index in [0.29, 0.717) is 12.2 Å². The number of hydrogen-bond acceptors (Lipinski definition) is 4. The molecule has 0 aromatic carbocycles. The van der Waals surface area contributed by atoms with Gasteiger partial charge in [0.1, 0.15) is 0 Å². The minimum atomic E-state index is -0.232. The summed E-state index contributed by atoms with van der Waals surface area (Å²) in [5.74, 6) is -0.232.